The predicted octanol–water partition coefficient (Wildman–Crippen LogP) is 5.11. The molecule has 2 aromatic rings. The van der Waals surface area contributed by atoms with Crippen LogP contribution in [0.15, 0.2) is 30.3 Å². The van der Waals surface area contributed by atoms with Crippen molar-refractivity contribution in [1.29, 1.82) is 0 Å². The highest BCUT2D eigenvalue weighted by Gasteiger charge is 2.35. The first-order valence-corrected chi connectivity index (χ1v) is 9.90. The molecule has 3 rings (SSSR count). The molecule has 4 heteroatoms. The number of rotatable bonds is 4. The van der Waals surface area contributed by atoms with Gasteiger partial charge in [-0.1, -0.05) is 18.2 Å². The first-order valence-electron chi connectivity index (χ1n) is 9.90. The second-order valence-electron chi connectivity index (χ2n) is 8.63. The van der Waals surface area contributed by atoms with Gasteiger partial charge in [-0.2, -0.15) is 0 Å². The van der Waals surface area contributed by atoms with Crippen LogP contribution in [0, 0.1) is 27.7 Å². The van der Waals surface area contributed by atoms with Gasteiger partial charge < -0.3 is 14.8 Å². The molecule has 2 aromatic carbocycles. The summed E-state index contributed by atoms with van der Waals surface area (Å²) in [5.74, 6) is 1.50. The van der Waals surface area contributed by atoms with Gasteiger partial charge in [-0.3, -0.25) is 4.79 Å². The Balaban J connectivity index is 1.77. The largest absolute Gasteiger partial charge is 0.487 e. The van der Waals surface area contributed by atoms with E-state index in [0.717, 1.165) is 39.3 Å². The third kappa shape index (κ3) is 4.32. The Morgan fingerprint density at radius 2 is 1.86 bits per heavy atom. The first-order chi connectivity index (χ1) is 13.1. The molecule has 0 fully saturated rings. The van der Waals surface area contributed by atoms with Crippen molar-refractivity contribution in [3.05, 3.63) is 58.1 Å². The smallest absolute Gasteiger partial charge is 0.261 e. The second-order valence-corrected chi connectivity index (χ2v) is 8.63. The summed E-state index contributed by atoms with van der Waals surface area (Å²) in [4.78, 5) is 12.9. The molecule has 0 radical (unpaired) electrons. The quantitative estimate of drug-likeness (QED) is 0.801. The maximum Gasteiger partial charge on any atom is 0.261 e. The summed E-state index contributed by atoms with van der Waals surface area (Å²) in [6.45, 7) is 14.1. The molecule has 1 aliphatic rings. The van der Waals surface area contributed by atoms with Crippen molar-refractivity contribution in [1.82, 2.24) is 5.32 Å². The zero-order valence-electron chi connectivity index (χ0n) is 18.0. The molecule has 1 aliphatic heterocycles. The number of hydrogen-bond acceptors (Lipinski definition) is 3. The van der Waals surface area contributed by atoms with Crippen molar-refractivity contribution < 1.29 is 14.3 Å². The second kappa shape index (κ2) is 7.50. The number of benzene rings is 2. The lowest BCUT2D eigenvalue weighted by Crippen LogP contribution is -2.44. The molecule has 0 saturated heterocycles. The Labute approximate surface area is 168 Å². The molecule has 0 spiro atoms. The number of fused-ring (bicyclic) bond motifs is 1. The zero-order valence-corrected chi connectivity index (χ0v) is 18.0. The van der Waals surface area contributed by atoms with E-state index in [-0.39, 0.29) is 17.6 Å². The molecule has 1 heterocycles. The Hall–Kier alpha value is -2.49. The molecule has 28 heavy (non-hydrogen) atoms. The molecular formula is C24H31NO3. The summed E-state index contributed by atoms with van der Waals surface area (Å²) in [6, 6.07) is 10.1. The highest BCUT2D eigenvalue weighted by molar-refractivity contribution is 5.81. The SMILES string of the molecule is Cc1ccc2c(c1)OC(C)(C)C[C@@H]2NC(=O)[C@@H](C)Oc1cc(C)cc(C)c1C. The summed E-state index contributed by atoms with van der Waals surface area (Å²) >= 11 is 0. The molecule has 0 saturated carbocycles. The molecule has 0 aliphatic carbocycles. The molecule has 1 N–H and O–H groups in total. The fourth-order valence-corrected chi connectivity index (χ4v) is 3.74. The van der Waals surface area contributed by atoms with Crippen LogP contribution in [0.25, 0.3) is 0 Å². The van der Waals surface area contributed by atoms with Crippen molar-refractivity contribution in [2.75, 3.05) is 0 Å². The van der Waals surface area contributed by atoms with Gasteiger partial charge >= 0.3 is 0 Å². The number of carbonyl (C=O) groups is 1. The Kier molecular flexibility index (Phi) is 5.42. The lowest BCUT2D eigenvalue weighted by molar-refractivity contribution is -0.128. The zero-order chi connectivity index (χ0) is 20.6. The molecule has 0 unspecified atom stereocenters. The van der Waals surface area contributed by atoms with Crippen molar-refractivity contribution in [3.63, 3.8) is 0 Å². The maximum absolute atomic E-state index is 12.9. The van der Waals surface area contributed by atoms with Crippen LogP contribution in [-0.2, 0) is 4.79 Å². The monoisotopic (exact) mass is 381 g/mol. The van der Waals surface area contributed by atoms with Gasteiger partial charge in [-0.25, -0.2) is 0 Å². The maximum atomic E-state index is 12.9. The lowest BCUT2D eigenvalue weighted by Gasteiger charge is -2.38. The normalized spacial score (nSPS) is 18.6. The number of ether oxygens (including phenoxy) is 2. The molecule has 4 nitrogen and oxygen atoms in total. The predicted molar refractivity (Wildman–Crippen MR) is 112 cm³/mol. The van der Waals surface area contributed by atoms with Crippen LogP contribution in [-0.4, -0.2) is 17.6 Å². The van der Waals surface area contributed by atoms with Gasteiger partial charge in [0.15, 0.2) is 6.10 Å². The van der Waals surface area contributed by atoms with E-state index in [4.69, 9.17) is 9.47 Å². The summed E-state index contributed by atoms with van der Waals surface area (Å²) in [7, 11) is 0. The molecule has 0 bridgehead atoms. The van der Waals surface area contributed by atoms with E-state index in [1.54, 1.807) is 6.92 Å². The minimum Gasteiger partial charge on any atom is -0.487 e. The first kappa shape index (κ1) is 20.2. The minimum atomic E-state index is -0.584. The van der Waals surface area contributed by atoms with Crippen LogP contribution in [0.2, 0.25) is 0 Å². The number of amides is 1. The average molecular weight is 382 g/mol. The Morgan fingerprint density at radius 3 is 2.57 bits per heavy atom. The van der Waals surface area contributed by atoms with E-state index >= 15 is 0 Å². The van der Waals surface area contributed by atoms with Gasteiger partial charge in [0.1, 0.15) is 17.1 Å². The van der Waals surface area contributed by atoms with Gasteiger partial charge in [0.25, 0.3) is 5.91 Å². The highest BCUT2D eigenvalue weighted by atomic mass is 16.5. The average Bonchev–Trinajstić information content (AvgIpc) is 2.57. The Morgan fingerprint density at radius 1 is 1.14 bits per heavy atom. The minimum absolute atomic E-state index is 0.0988. The summed E-state index contributed by atoms with van der Waals surface area (Å²) in [5, 5.41) is 3.17. The van der Waals surface area contributed by atoms with Crippen molar-refractivity contribution in [2.45, 2.75) is 72.6 Å². The summed E-state index contributed by atoms with van der Waals surface area (Å²) in [5.41, 5.74) is 5.18. The van der Waals surface area contributed by atoms with E-state index in [1.165, 1.54) is 0 Å². The van der Waals surface area contributed by atoms with Gasteiger partial charge in [0.05, 0.1) is 6.04 Å². The van der Waals surface area contributed by atoms with Crippen LogP contribution >= 0.6 is 0 Å². The van der Waals surface area contributed by atoms with E-state index in [1.807, 2.05) is 39.0 Å². The number of hydrogen-bond donors (Lipinski definition) is 1. The summed E-state index contributed by atoms with van der Waals surface area (Å²) < 4.78 is 12.2. The fourth-order valence-electron chi connectivity index (χ4n) is 3.74. The van der Waals surface area contributed by atoms with Gasteiger partial charge in [-0.15, -0.1) is 0 Å². The van der Waals surface area contributed by atoms with Crippen molar-refractivity contribution >= 4 is 5.91 Å². The highest BCUT2D eigenvalue weighted by Crippen LogP contribution is 2.40. The summed E-state index contributed by atoms with van der Waals surface area (Å²) in [6.07, 6.45) is 0.129. The van der Waals surface area contributed by atoms with E-state index in [0.29, 0.717) is 6.42 Å². The van der Waals surface area contributed by atoms with Gasteiger partial charge in [0, 0.05) is 12.0 Å². The van der Waals surface area contributed by atoms with Crippen LogP contribution < -0.4 is 14.8 Å². The molecular weight excluding hydrogens is 350 g/mol. The molecule has 2 atom stereocenters. The van der Waals surface area contributed by atoms with Crippen LogP contribution in [0.1, 0.15) is 61.1 Å². The third-order valence-electron chi connectivity index (χ3n) is 5.38. The van der Waals surface area contributed by atoms with E-state index < -0.39 is 6.10 Å². The number of nitrogens with one attached hydrogen (secondary N) is 1. The van der Waals surface area contributed by atoms with Crippen LogP contribution in [0.3, 0.4) is 0 Å². The lowest BCUT2D eigenvalue weighted by atomic mass is 9.89. The van der Waals surface area contributed by atoms with Gasteiger partial charge in [0.2, 0.25) is 0 Å². The van der Waals surface area contributed by atoms with Crippen LogP contribution in [0.4, 0.5) is 0 Å². The van der Waals surface area contributed by atoms with E-state index in [9.17, 15) is 4.79 Å². The van der Waals surface area contributed by atoms with E-state index in [2.05, 4.69) is 38.2 Å². The van der Waals surface area contributed by atoms with Crippen molar-refractivity contribution in [3.8, 4) is 11.5 Å². The molecule has 1 amide bonds. The van der Waals surface area contributed by atoms with Gasteiger partial charge in [-0.05, 0) is 82.9 Å². The standard InChI is InChI=1S/C24H31NO3/c1-14-8-9-19-20(13-24(6,7)28-22(19)11-14)25-23(26)18(5)27-21-12-15(2)10-16(3)17(21)4/h8-12,18,20H,13H2,1-7H3,(H,25,26)/t18-,20+/m1/s1. The fraction of sp³-hybridized carbons (Fsp3) is 0.458. The topological polar surface area (TPSA) is 47.6 Å². The molecule has 0 aromatic heterocycles. The number of aryl methyl sites for hydroxylation is 3. The van der Waals surface area contributed by atoms with Crippen molar-refractivity contribution in [2.24, 2.45) is 0 Å². The number of carbonyl (C=O) groups excluding carboxylic acids is 1. The third-order valence-corrected chi connectivity index (χ3v) is 5.38. The Bertz CT molecular complexity index is 901. The molecule has 150 valence electrons. The van der Waals surface area contributed by atoms with Crippen LogP contribution in [0.5, 0.6) is 11.5 Å².